The molecule has 0 radical (unpaired) electrons. The molecule has 112 valence electrons. The van der Waals surface area contributed by atoms with Crippen molar-refractivity contribution >= 4 is 15.7 Å². The molecule has 0 spiro atoms. The molecule has 1 fully saturated rings. The Balaban J connectivity index is 2.25. The van der Waals surface area contributed by atoms with Gasteiger partial charge in [-0.3, -0.25) is 0 Å². The van der Waals surface area contributed by atoms with E-state index in [1.165, 1.54) is 10.5 Å². The van der Waals surface area contributed by atoms with Crippen LogP contribution in [-0.4, -0.2) is 62.9 Å². The van der Waals surface area contributed by atoms with Gasteiger partial charge in [0.15, 0.2) is 5.03 Å². The van der Waals surface area contributed by atoms with Crippen LogP contribution in [0.25, 0.3) is 0 Å². The monoisotopic (exact) mass is 298 g/mol. The third-order valence-corrected chi connectivity index (χ3v) is 5.74. The molecule has 1 aromatic rings. The van der Waals surface area contributed by atoms with Crippen LogP contribution in [0.1, 0.15) is 12.8 Å². The predicted octanol–water partition coefficient (Wildman–Crippen LogP) is 0.838. The van der Waals surface area contributed by atoms with Crippen LogP contribution in [0.4, 0.5) is 5.69 Å². The fourth-order valence-corrected chi connectivity index (χ4v) is 4.00. The van der Waals surface area contributed by atoms with E-state index in [0.717, 1.165) is 25.9 Å². The molecule has 7 heteroatoms. The summed E-state index contributed by atoms with van der Waals surface area (Å²) in [5.41, 5.74) is 0.535. The van der Waals surface area contributed by atoms with Gasteiger partial charge in [-0.25, -0.2) is 13.4 Å². The number of hydrogen-bond donors (Lipinski definition) is 1. The number of likely N-dealkylation sites (tertiary alicyclic amines) is 1. The van der Waals surface area contributed by atoms with Crippen molar-refractivity contribution in [3.63, 3.8) is 0 Å². The van der Waals surface area contributed by atoms with Gasteiger partial charge >= 0.3 is 0 Å². The molecule has 1 aliphatic heterocycles. The summed E-state index contributed by atoms with van der Waals surface area (Å²) in [5.74, 6) is 0. The van der Waals surface area contributed by atoms with E-state index < -0.39 is 10.0 Å². The Kier molecular flexibility index (Phi) is 4.62. The largest absolute Gasteiger partial charge is 0.386 e. The van der Waals surface area contributed by atoms with E-state index >= 15 is 0 Å². The Hall–Kier alpha value is -1.18. The molecule has 0 unspecified atom stereocenters. The van der Waals surface area contributed by atoms with E-state index in [-0.39, 0.29) is 11.1 Å². The van der Waals surface area contributed by atoms with Gasteiger partial charge in [0.25, 0.3) is 10.0 Å². The van der Waals surface area contributed by atoms with E-state index in [1.807, 2.05) is 0 Å². The number of hydrogen-bond acceptors (Lipinski definition) is 5. The van der Waals surface area contributed by atoms with Gasteiger partial charge in [-0.15, -0.1) is 0 Å². The van der Waals surface area contributed by atoms with Crippen LogP contribution in [0.3, 0.4) is 0 Å². The average Bonchev–Trinajstić information content (AvgIpc) is 2.47. The molecule has 6 nitrogen and oxygen atoms in total. The van der Waals surface area contributed by atoms with Crippen molar-refractivity contribution in [2.45, 2.75) is 23.9 Å². The molecule has 0 aliphatic carbocycles. The first-order valence-corrected chi connectivity index (χ1v) is 8.20. The summed E-state index contributed by atoms with van der Waals surface area (Å²) >= 11 is 0. The normalized spacial score (nSPS) is 18.4. The van der Waals surface area contributed by atoms with Gasteiger partial charge in [0, 0.05) is 26.3 Å². The SMILES string of the molecule is CNc1cccnc1S(=O)(=O)N(C)C1CCN(C)CC1. The number of pyridine rings is 1. The Morgan fingerprint density at radius 1 is 1.40 bits per heavy atom. The number of anilines is 1. The Morgan fingerprint density at radius 3 is 2.65 bits per heavy atom. The summed E-state index contributed by atoms with van der Waals surface area (Å²) in [6.07, 6.45) is 3.22. The van der Waals surface area contributed by atoms with Gasteiger partial charge in [-0.2, -0.15) is 4.31 Å². The van der Waals surface area contributed by atoms with Crippen LogP contribution in [0, 0.1) is 0 Å². The summed E-state index contributed by atoms with van der Waals surface area (Å²) < 4.78 is 26.9. The first kappa shape index (κ1) is 15.2. The van der Waals surface area contributed by atoms with Crippen LogP contribution in [0.15, 0.2) is 23.4 Å². The molecular weight excluding hydrogens is 276 g/mol. The van der Waals surface area contributed by atoms with E-state index in [0.29, 0.717) is 5.69 Å². The smallest absolute Gasteiger partial charge is 0.262 e. The maximum Gasteiger partial charge on any atom is 0.262 e. The lowest BCUT2D eigenvalue weighted by molar-refractivity contribution is 0.197. The highest BCUT2D eigenvalue weighted by Gasteiger charge is 2.32. The standard InChI is InChI=1S/C13H22N4O2S/c1-14-12-5-4-8-15-13(12)20(18,19)17(3)11-6-9-16(2)10-7-11/h4-5,8,11,14H,6-7,9-10H2,1-3H3. The van der Waals surface area contributed by atoms with E-state index in [9.17, 15) is 8.42 Å². The summed E-state index contributed by atoms with van der Waals surface area (Å²) in [6.45, 7) is 1.84. The zero-order valence-electron chi connectivity index (χ0n) is 12.2. The summed E-state index contributed by atoms with van der Waals surface area (Å²) in [6, 6.07) is 3.49. The number of rotatable bonds is 4. The lowest BCUT2D eigenvalue weighted by Gasteiger charge is -2.34. The van der Waals surface area contributed by atoms with Gasteiger partial charge in [0.2, 0.25) is 0 Å². The zero-order valence-corrected chi connectivity index (χ0v) is 13.0. The lowest BCUT2D eigenvalue weighted by Crippen LogP contribution is -2.44. The number of piperidine rings is 1. The second-order valence-electron chi connectivity index (χ2n) is 5.16. The van der Waals surface area contributed by atoms with Crippen molar-refractivity contribution in [3.05, 3.63) is 18.3 Å². The fourth-order valence-electron chi connectivity index (χ4n) is 2.48. The number of nitrogens with one attached hydrogen (secondary N) is 1. The minimum absolute atomic E-state index is 0.0444. The van der Waals surface area contributed by atoms with Crippen molar-refractivity contribution < 1.29 is 8.42 Å². The van der Waals surface area contributed by atoms with Crippen LogP contribution < -0.4 is 5.32 Å². The molecule has 1 aromatic heterocycles. The van der Waals surface area contributed by atoms with Gasteiger partial charge in [0.1, 0.15) is 0 Å². The molecule has 0 amide bonds. The minimum atomic E-state index is -3.56. The van der Waals surface area contributed by atoms with Crippen molar-refractivity contribution in [2.75, 3.05) is 39.5 Å². The molecule has 0 aromatic carbocycles. The Bertz CT molecular complexity index is 553. The average molecular weight is 298 g/mol. The fraction of sp³-hybridized carbons (Fsp3) is 0.615. The molecule has 1 N–H and O–H groups in total. The zero-order chi connectivity index (χ0) is 14.8. The third kappa shape index (κ3) is 2.94. The first-order chi connectivity index (χ1) is 9.46. The van der Waals surface area contributed by atoms with Crippen LogP contribution in [-0.2, 0) is 10.0 Å². The Morgan fingerprint density at radius 2 is 2.05 bits per heavy atom. The highest BCUT2D eigenvalue weighted by molar-refractivity contribution is 7.89. The van der Waals surface area contributed by atoms with E-state index in [2.05, 4.69) is 22.2 Å². The maximum absolute atomic E-state index is 12.7. The molecular formula is C13H22N4O2S. The van der Waals surface area contributed by atoms with Crippen LogP contribution >= 0.6 is 0 Å². The molecule has 1 aliphatic rings. The van der Waals surface area contributed by atoms with E-state index in [4.69, 9.17) is 0 Å². The minimum Gasteiger partial charge on any atom is -0.386 e. The maximum atomic E-state index is 12.7. The molecule has 20 heavy (non-hydrogen) atoms. The molecule has 2 rings (SSSR count). The van der Waals surface area contributed by atoms with Crippen molar-refractivity contribution in [3.8, 4) is 0 Å². The molecule has 0 bridgehead atoms. The van der Waals surface area contributed by atoms with Gasteiger partial charge in [-0.1, -0.05) is 0 Å². The summed E-state index contributed by atoms with van der Waals surface area (Å²) in [7, 11) is 1.85. The Labute approximate surface area is 120 Å². The highest BCUT2D eigenvalue weighted by atomic mass is 32.2. The third-order valence-electron chi connectivity index (χ3n) is 3.87. The number of sulfonamides is 1. The van der Waals surface area contributed by atoms with Crippen molar-refractivity contribution in [1.29, 1.82) is 0 Å². The number of aromatic nitrogens is 1. The topological polar surface area (TPSA) is 65.5 Å². The molecule has 2 heterocycles. The van der Waals surface area contributed by atoms with Crippen molar-refractivity contribution in [1.82, 2.24) is 14.2 Å². The van der Waals surface area contributed by atoms with Crippen LogP contribution in [0.5, 0.6) is 0 Å². The summed E-state index contributed by atoms with van der Waals surface area (Å²) in [5, 5.41) is 2.99. The summed E-state index contributed by atoms with van der Waals surface area (Å²) in [4.78, 5) is 6.27. The van der Waals surface area contributed by atoms with Gasteiger partial charge in [0.05, 0.1) is 5.69 Å². The highest BCUT2D eigenvalue weighted by Crippen LogP contribution is 2.25. The van der Waals surface area contributed by atoms with Crippen molar-refractivity contribution in [2.24, 2.45) is 0 Å². The van der Waals surface area contributed by atoms with Gasteiger partial charge in [-0.05, 0) is 45.1 Å². The molecule has 0 atom stereocenters. The van der Waals surface area contributed by atoms with Gasteiger partial charge < -0.3 is 10.2 Å². The van der Waals surface area contributed by atoms with Crippen LogP contribution in [0.2, 0.25) is 0 Å². The first-order valence-electron chi connectivity index (χ1n) is 6.76. The predicted molar refractivity (Wildman–Crippen MR) is 79.3 cm³/mol. The second kappa shape index (κ2) is 6.07. The van der Waals surface area contributed by atoms with E-state index in [1.54, 1.807) is 26.2 Å². The second-order valence-corrected chi connectivity index (χ2v) is 7.07. The lowest BCUT2D eigenvalue weighted by atomic mass is 10.1. The molecule has 1 saturated heterocycles. The molecule has 0 saturated carbocycles. The quantitative estimate of drug-likeness (QED) is 0.892. The number of nitrogens with zero attached hydrogens (tertiary/aromatic N) is 3.